The molecule has 0 saturated carbocycles. The summed E-state index contributed by atoms with van der Waals surface area (Å²) < 4.78 is 60.4. The van der Waals surface area contributed by atoms with Crippen molar-refractivity contribution >= 4 is 21.7 Å². The van der Waals surface area contributed by atoms with Gasteiger partial charge in [-0.2, -0.15) is 31.4 Å². The molecule has 0 aliphatic rings. The van der Waals surface area contributed by atoms with E-state index in [2.05, 4.69) is 10.2 Å². The summed E-state index contributed by atoms with van der Waals surface area (Å²) in [7, 11) is -4.33. The molecule has 0 saturated heterocycles. The monoisotopic (exact) mass is 259 g/mol. The lowest BCUT2D eigenvalue weighted by Crippen LogP contribution is -2.37. The van der Waals surface area contributed by atoms with Crippen molar-refractivity contribution in [3.63, 3.8) is 0 Å². The number of hydrogen-bond donors (Lipinski definition) is 4. The molecule has 0 aliphatic heterocycles. The SMILES string of the molecule is Nc1cn[nH]c1NS(=O)(=O)NCC(F)(F)F. The second-order valence-electron chi connectivity index (χ2n) is 2.74. The van der Waals surface area contributed by atoms with Crippen molar-refractivity contribution < 1.29 is 21.6 Å². The maximum Gasteiger partial charge on any atom is 0.402 e. The third-order valence-corrected chi connectivity index (χ3v) is 2.36. The van der Waals surface area contributed by atoms with Crippen molar-refractivity contribution in [2.24, 2.45) is 0 Å². The summed E-state index contributed by atoms with van der Waals surface area (Å²) >= 11 is 0. The van der Waals surface area contributed by atoms with E-state index in [9.17, 15) is 21.6 Å². The van der Waals surface area contributed by atoms with Gasteiger partial charge in [0.1, 0.15) is 6.54 Å². The summed E-state index contributed by atoms with van der Waals surface area (Å²) in [5.41, 5.74) is 5.23. The van der Waals surface area contributed by atoms with Gasteiger partial charge < -0.3 is 5.73 Å². The molecule has 0 spiro atoms. The number of anilines is 2. The Balaban J connectivity index is 2.63. The van der Waals surface area contributed by atoms with Crippen LogP contribution in [0.2, 0.25) is 0 Å². The number of hydrogen-bond acceptors (Lipinski definition) is 4. The Bertz CT molecular complexity index is 453. The number of alkyl halides is 3. The van der Waals surface area contributed by atoms with Crippen LogP contribution in [-0.4, -0.2) is 31.3 Å². The van der Waals surface area contributed by atoms with E-state index in [4.69, 9.17) is 5.73 Å². The molecule has 0 aliphatic carbocycles. The summed E-state index contributed by atoms with van der Waals surface area (Å²) in [5.74, 6) is -0.199. The van der Waals surface area contributed by atoms with Gasteiger partial charge in [-0.3, -0.25) is 9.82 Å². The molecule has 1 aromatic heterocycles. The highest BCUT2D eigenvalue weighted by molar-refractivity contribution is 7.90. The molecule has 1 aromatic rings. The molecule has 92 valence electrons. The van der Waals surface area contributed by atoms with Crippen molar-refractivity contribution in [3.05, 3.63) is 6.20 Å². The lowest BCUT2D eigenvalue weighted by atomic mass is 10.6. The van der Waals surface area contributed by atoms with Crippen LogP contribution >= 0.6 is 0 Å². The number of nitrogens with zero attached hydrogens (tertiary/aromatic N) is 1. The first kappa shape index (κ1) is 12.6. The first-order valence-electron chi connectivity index (χ1n) is 3.82. The molecule has 1 heterocycles. The maximum atomic E-state index is 11.7. The average Bonchev–Trinajstić information content (AvgIpc) is 2.47. The molecule has 11 heteroatoms. The van der Waals surface area contributed by atoms with E-state index in [1.807, 2.05) is 0 Å². The standard InChI is InChI=1S/C5H8F3N5O2S/c6-5(7,8)2-11-16(14,15)13-4-3(9)1-10-12-4/h1,11H,2,9H2,(H2,10,12,13). The minimum absolute atomic E-state index is 0.0302. The Morgan fingerprint density at radius 3 is 2.56 bits per heavy atom. The highest BCUT2D eigenvalue weighted by atomic mass is 32.2. The molecule has 0 aromatic carbocycles. The molecule has 0 radical (unpaired) electrons. The second-order valence-corrected chi connectivity index (χ2v) is 4.24. The Morgan fingerprint density at radius 1 is 1.50 bits per heavy atom. The third kappa shape index (κ3) is 3.94. The lowest BCUT2D eigenvalue weighted by Gasteiger charge is -2.10. The lowest BCUT2D eigenvalue weighted by molar-refractivity contribution is -0.121. The molecular weight excluding hydrogens is 251 g/mol. The van der Waals surface area contributed by atoms with Crippen LogP contribution in [0, 0.1) is 0 Å². The van der Waals surface area contributed by atoms with E-state index < -0.39 is 22.9 Å². The predicted octanol–water partition coefficient (Wildman–Crippen LogP) is -0.200. The largest absolute Gasteiger partial charge is 0.402 e. The fourth-order valence-corrected chi connectivity index (χ4v) is 1.58. The fourth-order valence-electron chi connectivity index (χ4n) is 0.725. The first-order valence-corrected chi connectivity index (χ1v) is 5.31. The summed E-state index contributed by atoms with van der Waals surface area (Å²) in [5, 5.41) is 5.56. The minimum Gasteiger partial charge on any atom is -0.394 e. The number of aromatic nitrogens is 2. The highest BCUT2D eigenvalue weighted by Crippen LogP contribution is 2.15. The zero-order valence-electron chi connectivity index (χ0n) is 7.67. The Labute approximate surface area is 88.4 Å². The van der Waals surface area contributed by atoms with E-state index >= 15 is 0 Å². The van der Waals surface area contributed by atoms with Gasteiger partial charge in [0.2, 0.25) is 0 Å². The fraction of sp³-hybridized carbons (Fsp3) is 0.400. The van der Waals surface area contributed by atoms with E-state index in [0.29, 0.717) is 0 Å². The zero-order chi connectivity index (χ0) is 12.4. The molecule has 5 N–H and O–H groups in total. The summed E-state index contributed by atoms with van der Waals surface area (Å²) in [6, 6.07) is 0. The zero-order valence-corrected chi connectivity index (χ0v) is 8.48. The van der Waals surface area contributed by atoms with Crippen LogP contribution < -0.4 is 15.2 Å². The van der Waals surface area contributed by atoms with Gasteiger partial charge in [0.15, 0.2) is 5.82 Å². The number of halogens is 3. The third-order valence-electron chi connectivity index (χ3n) is 1.37. The number of H-pyrrole nitrogens is 1. The molecule has 7 nitrogen and oxygen atoms in total. The van der Waals surface area contributed by atoms with E-state index in [1.54, 1.807) is 4.72 Å². The number of nitrogens with two attached hydrogens (primary N) is 1. The van der Waals surface area contributed by atoms with Gasteiger partial charge in [0, 0.05) is 0 Å². The number of aromatic amines is 1. The van der Waals surface area contributed by atoms with Crippen LogP contribution in [0.25, 0.3) is 0 Å². The van der Waals surface area contributed by atoms with Crippen LogP contribution in [0.4, 0.5) is 24.7 Å². The Kier molecular flexibility index (Phi) is 3.28. The molecule has 1 rings (SSSR count). The molecule has 0 fully saturated rings. The van der Waals surface area contributed by atoms with E-state index in [-0.39, 0.29) is 11.5 Å². The minimum atomic E-state index is -4.63. The van der Waals surface area contributed by atoms with Gasteiger partial charge in [-0.05, 0) is 0 Å². The predicted molar refractivity (Wildman–Crippen MR) is 49.6 cm³/mol. The Hall–Kier alpha value is -1.49. The molecule has 0 bridgehead atoms. The second kappa shape index (κ2) is 4.17. The summed E-state index contributed by atoms with van der Waals surface area (Å²) in [6.45, 7) is -1.67. The molecule has 16 heavy (non-hydrogen) atoms. The maximum absolute atomic E-state index is 11.7. The van der Waals surface area contributed by atoms with Crippen molar-refractivity contribution in [3.8, 4) is 0 Å². The van der Waals surface area contributed by atoms with Gasteiger partial charge in [-0.1, -0.05) is 0 Å². The van der Waals surface area contributed by atoms with Crippen LogP contribution in [0.15, 0.2) is 6.20 Å². The first-order chi connectivity index (χ1) is 7.20. The van der Waals surface area contributed by atoms with Crippen molar-refractivity contribution in [2.45, 2.75) is 6.18 Å². The van der Waals surface area contributed by atoms with E-state index in [0.717, 1.165) is 6.20 Å². The van der Waals surface area contributed by atoms with Gasteiger partial charge in [-0.25, -0.2) is 0 Å². The quantitative estimate of drug-likeness (QED) is 0.599. The molecule has 0 atom stereocenters. The van der Waals surface area contributed by atoms with Gasteiger partial charge in [0.25, 0.3) is 0 Å². The molecular formula is C5H8F3N5O2S. The van der Waals surface area contributed by atoms with Crippen LogP contribution in [0.1, 0.15) is 0 Å². The highest BCUT2D eigenvalue weighted by Gasteiger charge is 2.29. The normalized spacial score (nSPS) is 12.7. The molecule has 0 amide bonds. The summed E-state index contributed by atoms with van der Waals surface area (Å²) in [4.78, 5) is 0. The number of nitrogen functional groups attached to an aromatic ring is 1. The Morgan fingerprint density at radius 2 is 2.12 bits per heavy atom. The average molecular weight is 259 g/mol. The van der Waals surface area contributed by atoms with Crippen LogP contribution in [0.3, 0.4) is 0 Å². The van der Waals surface area contributed by atoms with Gasteiger partial charge in [0.05, 0.1) is 11.9 Å². The van der Waals surface area contributed by atoms with Crippen molar-refractivity contribution in [1.29, 1.82) is 0 Å². The number of rotatable bonds is 4. The van der Waals surface area contributed by atoms with Crippen LogP contribution in [-0.2, 0) is 10.2 Å². The summed E-state index contributed by atoms with van der Waals surface area (Å²) in [6.07, 6.45) is -3.52. The molecule has 0 unspecified atom stereocenters. The van der Waals surface area contributed by atoms with Gasteiger partial charge in [-0.15, -0.1) is 0 Å². The smallest absolute Gasteiger partial charge is 0.394 e. The van der Waals surface area contributed by atoms with Gasteiger partial charge >= 0.3 is 16.4 Å². The van der Waals surface area contributed by atoms with Crippen molar-refractivity contribution in [2.75, 3.05) is 17.0 Å². The van der Waals surface area contributed by atoms with Crippen LogP contribution in [0.5, 0.6) is 0 Å². The number of nitrogens with one attached hydrogen (secondary N) is 3. The van der Waals surface area contributed by atoms with Crippen molar-refractivity contribution in [1.82, 2.24) is 14.9 Å². The topological polar surface area (TPSA) is 113 Å². The van der Waals surface area contributed by atoms with E-state index in [1.165, 1.54) is 4.72 Å².